The molecule has 0 radical (unpaired) electrons. The van der Waals surface area contributed by atoms with Crippen LogP contribution in [0.2, 0.25) is 0 Å². The molecule has 0 N–H and O–H groups in total. The number of aromatic nitrogens is 2. The number of methoxy groups -OCH3 is 1. The Morgan fingerprint density at radius 3 is 2.96 bits per heavy atom. The molecule has 0 unspecified atom stereocenters. The number of nitrogens with zero attached hydrogens (tertiary/aromatic N) is 3. The Morgan fingerprint density at radius 2 is 2.15 bits per heavy atom. The molecule has 2 aromatic rings. The SMILES string of the molecule is COc1ccc2c(c1)OC[C@@H](Cc1cncc(C(=O)N3CCCC3)n1)C2. The summed E-state index contributed by atoms with van der Waals surface area (Å²) in [6, 6.07) is 5.94. The van der Waals surface area contributed by atoms with E-state index in [0.717, 1.165) is 56.0 Å². The van der Waals surface area contributed by atoms with Crippen molar-refractivity contribution in [1.29, 1.82) is 0 Å². The maximum absolute atomic E-state index is 12.5. The molecular weight excluding hydrogens is 330 g/mol. The molecule has 1 saturated heterocycles. The molecule has 136 valence electrons. The van der Waals surface area contributed by atoms with E-state index < -0.39 is 0 Å². The number of rotatable bonds is 4. The van der Waals surface area contributed by atoms with E-state index in [1.54, 1.807) is 19.5 Å². The number of fused-ring (bicyclic) bond motifs is 1. The minimum atomic E-state index is -0.00538. The van der Waals surface area contributed by atoms with Crippen molar-refractivity contribution < 1.29 is 14.3 Å². The number of hydrogen-bond donors (Lipinski definition) is 0. The van der Waals surface area contributed by atoms with Gasteiger partial charge in [0, 0.05) is 31.3 Å². The lowest BCUT2D eigenvalue weighted by Crippen LogP contribution is -2.29. The van der Waals surface area contributed by atoms with Crippen LogP contribution < -0.4 is 9.47 Å². The third-order valence-corrected chi connectivity index (χ3v) is 5.05. The molecule has 26 heavy (non-hydrogen) atoms. The molecule has 4 rings (SSSR count). The highest BCUT2D eigenvalue weighted by molar-refractivity contribution is 5.92. The number of ether oxygens (including phenoxy) is 2. The van der Waals surface area contributed by atoms with Crippen molar-refractivity contribution in [2.45, 2.75) is 25.7 Å². The van der Waals surface area contributed by atoms with Crippen molar-refractivity contribution in [2.75, 3.05) is 26.8 Å². The minimum Gasteiger partial charge on any atom is -0.497 e. The molecule has 1 aromatic carbocycles. The second kappa shape index (κ2) is 7.32. The van der Waals surface area contributed by atoms with Gasteiger partial charge in [0.2, 0.25) is 0 Å². The molecular formula is C20H23N3O3. The van der Waals surface area contributed by atoms with Gasteiger partial charge in [0.15, 0.2) is 0 Å². The first-order valence-electron chi connectivity index (χ1n) is 9.13. The molecule has 0 spiro atoms. The molecule has 3 heterocycles. The van der Waals surface area contributed by atoms with Crippen molar-refractivity contribution in [3.8, 4) is 11.5 Å². The maximum Gasteiger partial charge on any atom is 0.274 e. The predicted octanol–water partition coefficient (Wildman–Crippen LogP) is 2.52. The quantitative estimate of drug-likeness (QED) is 0.845. The standard InChI is InChI=1S/C20H23N3O3/c1-25-17-5-4-15-8-14(13-26-19(15)10-17)9-16-11-21-12-18(22-16)20(24)23-6-2-3-7-23/h4-5,10-12,14H,2-3,6-9,13H2,1H3/t14-/m1/s1. The highest BCUT2D eigenvalue weighted by atomic mass is 16.5. The van der Waals surface area contributed by atoms with Crippen LogP contribution >= 0.6 is 0 Å². The summed E-state index contributed by atoms with van der Waals surface area (Å²) in [5, 5.41) is 0. The summed E-state index contributed by atoms with van der Waals surface area (Å²) in [6.07, 6.45) is 7.14. The zero-order valence-electron chi connectivity index (χ0n) is 15.0. The molecule has 2 aliphatic rings. The van der Waals surface area contributed by atoms with Crippen LogP contribution in [0.3, 0.4) is 0 Å². The van der Waals surface area contributed by atoms with Gasteiger partial charge in [-0.05, 0) is 37.3 Å². The van der Waals surface area contributed by atoms with E-state index in [1.165, 1.54) is 5.56 Å². The third kappa shape index (κ3) is 3.49. The maximum atomic E-state index is 12.5. The lowest BCUT2D eigenvalue weighted by Gasteiger charge is -2.25. The molecule has 6 heteroatoms. The van der Waals surface area contributed by atoms with E-state index >= 15 is 0 Å². The highest BCUT2D eigenvalue weighted by Crippen LogP contribution is 2.31. The van der Waals surface area contributed by atoms with Crippen LogP contribution in [0.25, 0.3) is 0 Å². The Morgan fingerprint density at radius 1 is 1.31 bits per heavy atom. The summed E-state index contributed by atoms with van der Waals surface area (Å²) in [6.45, 7) is 2.27. The Balaban J connectivity index is 1.44. The highest BCUT2D eigenvalue weighted by Gasteiger charge is 2.24. The van der Waals surface area contributed by atoms with Crippen molar-refractivity contribution in [2.24, 2.45) is 5.92 Å². The van der Waals surface area contributed by atoms with Crippen LogP contribution in [0, 0.1) is 5.92 Å². The normalized spacial score (nSPS) is 19.0. The first-order chi connectivity index (χ1) is 12.7. The molecule has 1 aromatic heterocycles. The Bertz CT molecular complexity index is 803. The molecule has 2 aliphatic heterocycles. The molecule has 1 amide bonds. The van der Waals surface area contributed by atoms with Crippen molar-refractivity contribution >= 4 is 5.91 Å². The van der Waals surface area contributed by atoms with Gasteiger partial charge in [0.05, 0.1) is 25.6 Å². The average Bonchev–Trinajstić information content (AvgIpc) is 3.22. The summed E-state index contributed by atoms with van der Waals surface area (Å²) in [7, 11) is 1.66. The first-order valence-corrected chi connectivity index (χ1v) is 9.13. The molecule has 1 fully saturated rings. The van der Waals surface area contributed by atoms with E-state index in [1.807, 2.05) is 17.0 Å². The van der Waals surface area contributed by atoms with Crippen molar-refractivity contribution in [1.82, 2.24) is 14.9 Å². The second-order valence-electron chi connectivity index (χ2n) is 6.95. The predicted molar refractivity (Wildman–Crippen MR) is 96.6 cm³/mol. The summed E-state index contributed by atoms with van der Waals surface area (Å²) in [5.41, 5.74) is 2.48. The van der Waals surface area contributed by atoms with Gasteiger partial charge in [-0.15, -0.1) is 0 Å². The van der Waals surface area contributed by atoms with Gasteiger partial charge < -0.3 is 14.4 Å². The minimum absolute atomic E-state index is 0.00538. The van der Waals surface area contributed by atoms with Gasteiger partial charge in [0.25, 0.3) is 5.91 Å². The van der Waals surface area contributed by atoms with Crippen LogP contribution in [0.1, 0.15) is 34.6 Å². The van der Waals surface area contributed by atoms with Crippen LogP contribution in [0.15, 0.2) is 30.6 Å². The zero-order valence-corrected chi connectivity index (χ0v) is 15.0. The topological polar surface area (TPSA) is 64.6 Å². The van der Waals surface area contributed by atoms with Crippen LogP contribution in [-0.4, -0.2) is 47.6 Å². The fourth-order valence-electron chi connectivity index (χ4n) is 3.66. The largest absolute Gasteiger partial charge is 0.497 e. The number of carbonyl (C=O) groups is 1. The molecule has 0 saturated carbocycles. The van der Waals surface area contributed by atoms with Gasteiger partial charge in [-0.1, -0.05) is 6.07 Å². The number of hydrogen-bond acceptors (Lipinski definition) is 5. The summed E-state index contributed by atoms with van der Waals surface area (Å²) < 4.78 is 11.2. The van der Waals surface area contributed by atoms with Gasteiger partial charge in [-0.25, -0.2) is 4.98 Å². The van der Waals surface area contributed by atoms with Gasteiger partial charge in [-0.3, -0.25) is 9.78 Å². The zero-order chi connectivity index (χ0) is 17.9. The van der Waals surface area contributed by atoms with Gasteiger partial charge in [0.1, 0.15) is 17.2 Å². The molecule has 6 nitrogen and oxygen atoms in total. The molecule has 0 bridgehead atoms. The van der Waals surface area contributed by atoms with Gasteiger partial charge >= 0.3 is 0 Å². The Labute approximate surface area is 153 Å². The smallest absolute Gasteiger partial charge is 0.274 e. The monoisotopic (exact) mass is 353 g/mol. The third-order valence-electron chi connectivity index (χ3n) is 5.05. The van der Waals surface area contributed by atoms with E-state index in [0.29, 0.717) is 18.2 Å². The Kier molecular flexibility index (Phi) is 4.73. The van der Waals surface area contributed by atoms with E-state index in [2.05, 4.69) is 16.0 Å². The summed E-state index contributed by atoms with van der Waals surface area (Å²) in [4.78, 5) is 23.2. The fraction of sp³-hybridized carbons (Fsp3) is 0.450. The van der Waals surface area contributed by atoms with Crippen LogP contribution in [-0.2, 0) is 12.8 Å². The van der Waals surface area contributed by atoms with Crippen LogP contribution in [0.5, 0.6) is 11.5 Å². The average molecular weight is 353 g/mol. The molecule has 1 atom stereocenters. The number of carbonyl (C=O) groups excluding carboxylic acids is 1. The fourth-order valence-corrected chi connectivity index (χ4v) is 3.66. The Hall–Kier alpha value is -2.63. The van der Waals surface area contributed by atoms with E-state index in [9.17, 15) is 4.79 Å². The number of benzene rings is 1. The summed E-state index contributed by atoms with van der Waals surface area (Å²) >= 11 is 0. The van der Waals surface area contributed by atoms with Crippen molar-refractivity contribution in [3.63, 3.8) is 0 Å². The second-order valence-corrected chi connectivity index (χ2v) is 6.95. The lowest BCUT2D eigenvalue weighted by molar-refractivity contribution is 0.0786. The molecule has 0 aliphatic carbocycles. The van der Waals surface area contributed by atoms with E-state index in [-0.39, 0.29) is 5.91 Å². The van der Waals surface area contributed by atoms with Crippen molar-refractivity contribution in [3.05, 3.63) is 47.5 Å². The van der Waals surface area contributed by atoms with Gasteiger partial charge in [-0.2, -0.15) is 0 Å². The lowest BCUT2D eigenvalue weighted by atomic mass is 9.93. The van der Waals surface area contributed by atoms with Crippen LogP contribution in [0.4, 0.5) is 0 Å². The van der Waals surface area contributed by atoms with E-state index in [4.69, 9.17) is 9.47 Å². The summed E-state index contributed by atoms with van der Waals surface area (Å²) in [5.74, 6) is 2.02. The number of likely N-dealkylation sites (tertiary alicyclic amines) is 1. The first kappa shape index (κ1) is 16.8. The number of amides is 1.